The smallest absolute Gasteiger partial charge is 0.475 e. The number of alkyl halides is 3. The Morgan fingerprint density at radius 2 is 1.68 bits per heavy atom. The average molecular weight is 317 g/mol. The van der Waals surface area contributed by atoms with Crippen LogP contribution in [-0.2, 0) is 4.79 Å². The Kier molecular flexibility index (Phi) is 6.41. The van der Waals surface area contributed by atoms with Crippen molar-refractivity contribution in [3.05, 3.63) is 35.4 Å². The van der Waals surface area contributed by atoms with E-state index < -0.39 is 12.1 Å². The number of hydrogen-bond acceptors (Lipinski definition) is 2. The van der Waals surface area contributed by atoms with Crippen LogP contribution in [0.15, 0.2) is 24.3 Å². The van der Waals surface area contributed by atoms with Gasteiger partial charge in [-0.3, -0.25) is 0 Å². The summed E-state index contributed by atoms with van der Waals surface area (Å²) in [5.41, 5.74) is 2.97. The molecular formula is C16H22F3NO2. The summed E-state index contributed by atoms with van der Waals surface area (Å²) < 4.78 is 31.7. The highest BCUT2D eigenvalue weighted by atomic mass is 19.4. The maximum absolute atomic E-state index is 10.6. The number of rotatable bonds is 3. The van der Waals surface area contributed by atoms with Gasteiger partial charge in [-0.1, -0.05) is 38.1 Å². The average Bonchev–Trinajstić information content (AvgIpc) is 2.37. The SMILES string of the molecule is CNC1CC(c2ccc(C(C)C)cc2)C1.O=C(O)C(F)(F)F. The molecule has 3 nitrogen and oxygen atoms in total. The number of carboxylic acids is 1. The van der Waals surface area contributed by atoms with Crippen molar-refractivity contribution in [1.82, 2.24) is 5.32 Å². The molecule has 0 amide bonds. The van der Waals surface area contributed by atoms with Crippen LogP contribution < -0.4 is 5.32 Å². The first-order valence-corrected chi connectivity index (χ1v) is 7.22. The van der Waals surface area contributed by atoms with Gasteiger partial charge in [0.05, 0.1) is 0 Å². The predicted octanol–water partition coefficient (Wildman–Crippen LogP) is 3.91. The van der Waals surface area contributed by atoms with E-state index in [9.17, 15) is 13.2 Å². The lowest BCUT2D eigenvalue weighted by atomic mass is 9.75. The Hall–Kier alpha value is -1.56. The lowest BCUT2D eigenvalue weighted by Gasteiger charge is -2.35. The molecule has 124 valence electrons. The Labute approximate surface area is 128 Å². The van der Waals surface area contributed by atoms with Crippen molar-refractivity contribution >= 4 is 5.97 Å². The highest BCUT2D eigenvalue weighted by molar-refractivity contribution is 5.73. The van der Waals surface area contributed by atoms with Gasteiger partial charge in [0.25, 0.3) is 0 Å². The molecule has 0 aliphatic heterocycles. The van der Waals surface area contributed by atoms with Crippen molar-refractivity contribution in [3.63, 3.8) is 0 Å². The Morgan fingerprint density at radius 3 is 2.00 bits per heavy atom. The fourth-order valence-corrected chi connectivity index (χ4v) is 2.28. The van der Waals surface area contributed by atoms with E-state index in [1.165, 1.54) is 24.0 Å². The molecule has 0 unspecified atom stereocenters. The third-order valence-electron chi connectivity index (χ3n) is 3.86. The molecule has 0 radical (unpaired) electrons. The van der Waals surface area contributed by atoms with Gasteiger partial charge in [0, 0.05) is 6.04 Å². The summed E-state index contributed by atoms with van der Waals surface area (Å²) in [6.07, 6.45) is -2.48. The van der Waals surface area contributed by atoms with Crippen LogP contribution in [0, 0.1) is 0 Å². The third-order valence-corrected chi connectivity index (χ3v) is 3.86. The Morgan fingerprint density at radius 1 is 1.23 bits per heavy atom. The van der Waals surface area contributed by atoms with Crippen LogP contribution in [0.1, 0.15) is 49.7 Å². The fraction of sp³-hybridized carbons (Fsp3) is 0.562. The van der Waals surface area contributed by atoms with Crippen molar-refractivity contribution in [2.75, 3.05) is 7.05 Å². The van der Waals surface area contributed by atoms with Crippen LogP contribution in [0.2, 0.25) is 0 Å². The maximum atomic E-state index is 10.6. The number of aliphatic carboxylic acids is 1. The van der Waals surface area contributed by atoms with Crippen molar-refractivity contribution in [1.29, 1.82) is 0 Å². The molecule has 1 aliphatic carbocycles. The molecule has 22 heavy (non-hydrogen) atoms. The zero-order valence-corrected chi connectivity index (χ0v) is 12.9. The Bertz CT molecular complexity index is 477. The molecule has 1 aromatic rings. The van der Waals surface area contributed by atoms with Crippen LogP contribution in [0.25, 0.3) is 0 Å². The van der Waals surface area contributed by atoms with E-state index >= 15 is 0 Å². The number of benzene rings is 1. The molecule has 6 heteroatoms. The van der Waals surface area contributed by atoms with Gasteiger partial charge in [-0.2, -0.15) is 13.2 Å². The molecule has 0 atom stereocenters. The standard InChI is InChI=1S/C14H21N.C2HF3O2/c1-10(2)11-4-6-12(7-5-11)13-8-14(9-13)15-3;3-2(4,5)1(6)7/h4-7,10,13-15H,8-9H2,1-3H3;(H,6,7). The lowest BCUT2D eigenvalue weighted by molar-refractivity contribution is -0.192. The first kappa shape index (κ1) is 18.5. The molecule has 2 N–H and O–H groups in total. The predicted molar refractivity (Wildman–Crippen MR) is 79.0 cm³/mol. The fourth-order valence-electron chi connectivity index (χ4n) is 2.28. The van der Waals surface area contributed by atoms with E-state index in [-0.39, 0.29) is 0 Å². The van der Waals surface area contributed by atoms with Crippen molar-refractivity contribution in [2.45, 2.75) is 50.7 Å². The second-order valence-corrected chi connectivity index (χ2v) is 5.78. The van der Waals surface area contributed by atoms with Crippen LogP contribution in [0.3, 0.4) is 0 Å². The summed E-state index contributed by atoms with van der Waals surface area (Å²) in [6, 6.07) is 9.94. The largest absolute Gasteiger partial charge is 0.490 e. The molecule has 1 fully saturated rings. The molecule has 0 heterocycles. The summed E-state index contributed by atoms with van der Waals surface area (Å²) >= 11 is 0. The van der Waals surface area contributed by atoms with Gasteiger partial charge in [0.1, 0.15) is 0 Å². The topological polar surface area (TPSA) is 49.3 Å². The zero-order valence-electron chi connectivity index (χ0n) is 12.9. The van der Waals surface area contributed by atoms with Crippen molar-refractivity contribution in [3.8, 4) is 0 Å². The highest BCUT2D eigenvalue weighted by Gasteiger charge is 2.38. The third kappa shape index (κ3) is 5.33. The number of halogens is 3. The van der Waals surface area contributed by atoms with E-state index in [0.717, 1.165) is 12.0 Å². The maximum Gasteiger partial charge on any atom is 0.490 e. The van der Waals surface area contributed by atoms with Crippen molar-refractivity contribution < 1.29 is 23.1 Å². The first-order chi connectivity index (χ1) is 10.1. The molecular weight excluding hydrogens is 295 g/mol. The summed E-state index contributed by atoms with van der Waals surface area (Å²) in [6.45, 7) is 4.49. The number of hydrogen-bond donors (Lipinski definition) is 2. The van der Waals surface area contributed by atoms with E-state index in [4.69, 9.17) is 9.90 Å². The van der Waals surface area contributed by atoms with Gasteiger partial charge < -0.3 is 10.4 Å². The summed E-state index contributed by atoms with van der Waals surface area (Å²) in [4.78, 5) is 8.90. The number of carboxylic acid groups (broad SMARTS) is 1. The quantitative estimate of drug-likeness (QED) is 0.888. The van der Waals surface area contributed by atoms with Crippen molar-refractivity contribution in [2.24, 2.45) is 0 Å². The second kappa shape index (κ2) is 7.63. The lowest BCUT2D eigenvalue weighted by Crippen LogP contribution is -2.37. The Balaban J connectivity index is 0.000000295. The summed E-state index contributed by atoms with van der Waals surface area (Å²) in [5, 5.41) is 10.5. The van der Waals surface area contributed by atoms with Gasteiger partial charge in [0.15, 0.2) is 0 Å². The first-order valence-electron chi connectivity index (χ1n) is 7.22. The second-order valence-electron chi connectivity index (χ2n) is 5.78. The minimum atomic E-state index is -5.08. The molecule has 0 bridgehead atoms. The summed E-state index contributed by atoms with van der Waals surface area (Å²) in [5.74, 6) is -1.32. The number of nitrogens with one attached hydrogen (secondary N) is 1. The molecule has 0 saturated heterocycles. The molecule has 0 spiro atoms. The van der Waals surface area contributed by atoms with E-state index in [2.05, 4.69) is 50.5 Å². The van der Waals surface area contributed by atoms with Crippen LogP contribution >= 0.6 is 0 Å². The molecule has 0 aromatic heterocycles. The molecule has 1 saturated carbocycles. The van der Waals surface area contributed by atoms with Gasteiger partial charge in [-0.05, 0) is 42.9 Å². The van der Waals surface area contributed by atoms with Gasteiger partial charge in [-0.15, -0.1) is 0 Å². The number of carbonyl (C=O) groups is 1. The van der Waals surface area contributed by atoms with E-state index in [1.807, 2.05) is 0 Å². The summed E-state index contributed by atoms with van der Waals surface area (Å²) in [7, 11) is 2.06. The van der Waals surface area contributed by atoms with Gasteiger partial charge >= 0.3 is 12.1 Å². The molecule has 2 rings (SSSR count). The minimum absolute atomic E-state index is 0.644. The van der Waals surface area contributed by atoms with Crippen LogP contribution in [-0.4, -0.2) is 30.3 Å². The normalized spacial score (nSPS) is 20.9. The minimum Gasteiger partial charge on any atom is -0.475 e. The van der Waals surface area contributed by atoms with Gasteiger partial charge in [-0.25, -0.2) is 4.79 Å². The van der Waals surface area contributed by atoms with Crippen LogP contribution in [0.5, 0.6) is 0 Å². The van der Waals surface area contributed by atoms with E-state index in [1.54, 1.807) is 0 Å². The zero-order chi connectivity index (χ0) is 16.9. The highest BCUT2D eigenvalue weighted by Crippen LogP contribution is 2.36. The van der Waals surface area contributed by atoms with E-state index in [0.29, 0.717) is 5.92 Å². The molecule has 1 aliphatic rings. The molecule has 1 aromatic carbocycles. The monoisotopic (exact) mass is 317 g/mol. The van der Waals surface area contributed by atoms with Crippen LogP contribution in [0.4, 0.5) is 13.2 Å². The van der Waals surface area contributed by atoms with Gasteiger partial charge in [0.2, 0.25) is 0 Å².